The lowest BCUT2D eigenvalue weighted by atomic mass is 10.1. The largest absolute Gasteiger partial charge is 0.457 e. The zero-order valence-electron chi connectivity index (χ0n) is 29.6. The second kappa shape index (κ2) is 16.1. The van der Waals surface area contributed by atoms with Crippen molar-refractivity contribution in [2.45, 2.75) is 0 Å². The number of hydrogen-bond donors (Lipinski definition) is 0. The Hall–Kier alpha value is -7.14. The molecule has 56 heavy (non-hydrogen) atoms. The number of amidine groups is 2. The van der Waals surface area contributed by atoms with Crippen molar-refractivity contribution >= 4 is 70.1 Å². The molecule has 0 aliphatic carbocycles. The minimum absolute atomic E-state index is 0.0753. The van der Waals surface area contributed by atoms with Gasteiger partial charge in [0.25, 0.3) is 11.8 Å². The molecule has 2 heterocycles. The van der Waals surface area contributed by atoms with Crippen LogP contribution >= 0.6 is 24.4 Å². The number of ether oxygens (including phenoxy) is 2. The Balaban J connectivity index is 1.11. The van der Waals surface area contributed by atoms with E-state index in [0.29, 0.717) is 45.3 Å². The van der Waals surface area contributed by atoms with Crippen LogP contribution in [-0.4, -0.2) is 43.3 Å². The topological polar surface area (TPSA) is 83.8 Å². The minimum atomic E-state index is -0.499. The Morgan fingerprint density at radius 2 is 0.786 bits per heavy atom. The zero-order valence-corrected chi connectivity index (χ0v) is 31.2. The smallest absolute Gasteiger partial charge is 0.283 e. The van der Waals surface area contributed by atoms with Crippen molar-refractivity contribution in [3.05, 3.63) is 204 Å². The lowest BCUT2D eigenvalue weighted by Crippen LogP contribution is -2.49. The highest BCUT2D eigenvalue weighted by molar-refractivity contribution is 7.89. The average Bonchev–Trinajstić information content (AvgIpc) is 3.73. The number of thiocarbonyl (C=S) groups is 2. The molecule has 6 aromatic carbocycles. The second-order valence-electron chi connectivity index (χ2n) is 12.5. The van der Waals surface area contributed by atoms with Gasteiger partial charge in [-0.25, -0.2) is 19.8 Å². The van der Waals surface area contributed by atoms with Crippen LogP contribution in [0.3, 0.4) is 0 Å². The third kappa shape index (κ3) is 7.74. The number of carbonyl (C=O) groups is 2. The molecule has 2 aliphatic heterocycles. The number of rotatable bonds is 8. The maximum atomic E-state index is 14.3. The molecule has 0 fully saturated rings. The summed E-state index contributed by atoms with van der Waals surface area (Å²) in [5.74, 6) is 2.11. The summed E-state index contributed by atoms with van der Waals surface area (Å²) in [6, 6.07) is 52.0. The lowest BCUT2D eigenvalue weighted by molar-refractivity contribution is -0.121. The van der Waals surface area contributed by atoms with E-state index in [2.05, 4.69) is 0 Å². The van der Waals surface area contributed by atoms with Crippen molar-refractivity contribution in [1.29, 1.82) is 0 Å². The van der Waals surface area contributed by atoms with Gasteiger partial charge in [-0.05, 0) is 71.8 Å². The number of nitrogens with zero attached hydrogens (tertiary/aromatic N) is 4. The van der Waals surface area contributed by atoms with Gasteiger partial charge in [0.05, 0.1) is 0 Å². The standard InChI is InChI=1S/C46H30N4O4S2/c51-43-39(29-31-15-13-25-37(27-31)53-35-21-9-3-10-22-35)47-41(33-17-5-1-6-18-33)49(43)45(55)46(56)50-42(34-19-7-2-8-20-34)48-40(44(50)52)30-32-16-14-26-38(28-32)54-36-23-11-4-12-24-36/h1-30H/b39-29-,40-30+. The minimum Gasteiger partial charge on any atom is -0.457 e. The van der Waals surface area contributed by atoms with Crippen LogP contribution in [0.4, 0.5) is 0 Å². The van der Waals surface area contributed by atoms with Crippen molar-refractivity contribution in [2.75, 3.05) is 0 Å². The molecule has 0 N–H and O–H groups in total. The van der Waals surface area contributed by atoms with E-state index in [1.165, 1.54) is 9.80 Å². The van der Waals surface area contributed by atoms with E-state index in [4.69, 9.17) is 43.9 Å². The van der Waals surface area contributed by atoms with Gasteiger partial charge < -0.3 is 9.47 Å². The predicted molar refractivity (Wildman–Crippen MR) is 227 cm³/mol. The molecule has 8 nitrogen and oxygen atoms in total. The first-order valence-corrected chi connectivity index (χ1v) is 18.4. The molecule has 2 amide bonds. The molecule has 0 radical (unpaired) electrons. The molecule has 0 atom stereocenters. The monoisotopic (exact) mass is 766 g/mol. The molecule has 8 rings (SSSR count). The molecule has 0 saturated carbocycles. The molecule has 0 saturated heterocycles. The summed E-state index contributed by atoms with van der Waals surface area (Å²) in [6.45, 7) is 0. The van der Waals surface area contributed by atoms with Crippen molar-refractivity contribution in [1.82, 2.24) is 9.80 Å². The number of hydrogen-bond acceptors (Lipinski definition) is 8. The summed E-state index contributed by atoms with van der Waals surface area (Å²) in [5, 5.41) is 0. The van der Waals surface area contributed by atoms with Gasteiger partial charge in [-0.1, -0.05) is 146 Å². The quantitative estimate of drug-likeness (QED) is 0.113. The van der Waals surface area contributed by atoms with Crippen molar-refractivity contribution in [3.8, 4) is 23.0 Å². The highest BCUT2D eigenvalue weighted by Crippen LogP contribution is 2.30. The van der Waals surface area contributed by atoms with Gasteiger partial charge in [0, 0.05) is 11.1 Å². The van der Waals surface area contributed by atoms with Gasteiger partial charge in [-0.15, -0.1) is 0 Å². The second-order valence-corrected chi connectivity index (χ2v) is 13.3. The normalized spacial score (nSPS) is 15.2. The van der Waals surface area contributed by atoms with Gasteiger partial charge in [0.2, 0.25) is 0 Å². The fraction of sp³-hybridized carbons (Fsp3) is 0. The third-order valence-corrected chi connectivity index (χ3v) is 9.54. The molecule has 0 unspecified atom stereocenters. The molecule has 2 aliphatic rings. The average molecular weight is 767 g/mol. The molecule has 0 spiro atoms. The van der Waals surface area contributed by atoms with Crippen LogP contribution in [0.1, 0.15) is 22.3 Å². The van der Waals surface area contributed by atoms with Crippen molar-refractivity contribution in [3.63, 3.8) is 0 Å². The van der Waals surface area contributed by atoms with Crippen LogP contribution in [0.5, 0.6) is 23.0 Å². The molecular formula is C46H30N4O4S2. The van der Waals surface area contributed by atoms with E-state index in [1.54, 1.807) is 12.2 Å². The van der Waals surface area contributed by atoms with Gasteiger partial charge in [0.15, 0.2) is 9.98 Å². The van der Waals surface area contributed by atoms with E-state index < -0.39 is 11.8 Å². The number of benzene rings is 6. The number of aliphatic imine (C=N–C) groups is 2. The highest BCUT2D eigenvalue weighted by atomic mass is 32.1. The summed E-state index contributed by atoms with van der Waals surface area (Å²) < 4.78 is 12.0. The van der Waals surface area contributed by atoms with E-state index in [-0.39, 0.29) is 33.0 Å². The van der Waals surface area contributed by atoms with E-state index in [1.807, 2.05) is 170 Å². The summed E-state index contributed by atoms with van der Waals surface area (Å²) in [4.78, 5) is 40.6. The van der Waals surface area contributed by atoms with Crippen molar-refractivity contribution in [2.24, 2.45) is 9.98 Å². The maximum Gasteiger partial charge on any atom is 0.283 e. The van der Waals surface area contributed by atoms with Crippen molar-refractivity contribution < 1.29 is 19.1 Å². The fourth-order valence-electron chi connectivity index (χ4n) is 6.06. The number of amides is 2. The Morgan fingerprint density at radius 1 is 0.446 bits per heavy atom. The first-order chi connectivity index (χ1) is 27.4. The SMILES string of the molecule is O=C1/C(=C/c2cccc(Oc3ccccc3)c2)N=C(c2ccccc2)N1C(=S)C(=S)N1C(=O)/C(=C\c2cccc(Oc3ccccc3)c2)N=C1c1ccccc1. The van der Waals surface area contributed by atoms with E-state index in [9.17, 15) is 9.59 Å². The Labute approximate surface area is 334 Å². The predicted octanol–water partition coefficient (Wildman–Crippen LogP) is 9.89. The zero-order chi connectivity index (χ0) is 38.4. The third-order valence-electron chi connectivity index (χ3n) is 8.65. The van der Waals surface area contributed by atoms with Crippen LogP contribution in [0.2, 0.25) is 0 Å². The Bertz CT molecular complexity index is 2430. The number of carbonyl (C=O) groups excluding carboxylic acids is 2. The summed E-state index contributed by atoms with van der Waals surface area (Å²) in [7, 11) is 0. The van der Waals surface area contributed by atoms with E-state index in [0.717, 1.165) is 0 Å². The van der Waals surface area contributed by atoms with Gasteiger partial charge in [-0.2, -0.15) is 0 Å². The summed E-state index contributed by atoms with van der Waals surface area (Å²) >= 11 is 12.0. The molecule has 0 aromatic heterocycles. The lowest BCUT2D eigenvalue weighted by Gasteiger charge is -2.25. The first-order valence-electron chi connectivity index (χ1n) is 17.6. The fourth-order valence-corrected chi connectivity index (χ4v) is 6.59. The first kappa shape index (κ1) is 35.9. The number of para-hydroxylation sites is 2. The molecule has 0 bridgehead atoms. The van der Waals surface area contributed by atoms with E-state index >= 15 is 0 Å². The summed E-state index contributed by atoms with van der Waals surface area (Å²) in [6.07, 6.45) is 3.34. The molecule has 6 aromatic rings. The van der Waals surface area contributed by atoms with Crippen LogP contribution in [-0.2, 0) is 9.59 Å². The van der Waals surface area contributed by atoms with Crippen LogP contribution in [0.15, 0.2) is 191 Å². The molecule has 10 heteroatoms. The van der Waals surface area contributed by atoms with Gasteiger partial charge in [-0.3, -0.25) is 9.59 Å². The maximum absolute atomic E-state index is 14.3. The molecule has 270 valence electrons. The summed E-state index contributed by atoms with van der Waals surface area (Å²) in [5.41, 5.74) is 2.92. The van der Waals surface area contributed by atoms with Gasteiger partial charge >= 0.3 is 0 Å². The van der Waals surface area contributed by atoms with Crippen LogP contribution in [0.25, 0.3) is 12.2 Å². The molecular weight excluding hydrogens is 737 g/mol. The Kier molecular flexibility index (Phi) is 10.3. The Morgan fingerprint density at radius 3 is 1.16 bits per heavy atom. The highest BCUT2D eigenvalue weighted by Gasteiger charge is 2.41. The van der Waals surface area contributed by atoms with Gasteiger partial charge in [0.1, 0.15) is 46.1 Å². The van der Waals surface area contributed by atoms with Crippen LogP contribution in [0, 0.1) is 0 Å². The van der Waals surface area contributed by atoms with Crippen LogP contribution < -0.4 is 9.47 Å².